The van der Waals surface area contributed by atoms with Crippen LogP contribution in [0.3, 0.4) is 0 Å². The molecule has 0 bridgehead atoms. The third-order valence-corrected chi connectivity index (χ3v) is 1.30. The Morgan fingerprint density at radius 2 is 2.50 bits per heavy atom. The molecule has 10 heavy (non-hydrogen) atoms. The molecule has 0 aromatic heterocycles. The maximum Gasteiger partial charge on any atom is 0.249 e. The molecule has 0 aromatic carbocycles. The van der Waals surface area contributed by atoms with E-state index < -0.39 is 0 Å². The zero-order valence-corrected chi connectivity index (χ0v) is 5.46. The van der Waals surface area contributed by atoms with Gasteiger partial charge in [0.15, 0.2) is 0 Å². The van der Waals surface area contributed by atoms with E-state index in [4.69, 9.17) is 4.74 Å². The monoisotopic (exact) mass is 137 g/mol. The van der Waals surface area contributed by atoms with Gasteiger partial charge in [0.25, 0.3) is 0 Å². The van der Waals surface area contributed by atoms with Crippen LogP contribution in [0.1, 0.15) is 6.42 Å². The molecule has 52 valence electrons. The van der Waals surface area contributed by atoms with E-state index in [2.05, 4.69) is 17.0 Å². The van der Waals surface area contributed by atoms with Crippen molar-refractivity contribution in [2.75, 3.05) is 13.2 Å². The molecular weight excluding hydrogens is 130 g/mol. The molecule has 1 unspecified atom stereocenters. The van der Waals surface area contributed by atoms with Crippen molar-refractivity contribution in [1.82, 2.24) is 0 Å². The molecule has 0 N–H and O–H groups in total. The molecule has 0 radical (unpaired) electrons. The molecule has 3 heteroatoms. The van der Waals surface area contributed by atoms with E-state index in [1.54, 1.807) is 0 Å². The van der Waals surface area contributed by atoms with Gasteiger partial charge >= 0.3 is 0 Å². The zero-order chi connectivity index (χ0) is 7.23. The van der Waals surface area contributed by atoms with E-state index in [0.29, 0.717) is 6.61 Å². The van der Waals surface area contributed by atoms with Crippen LogP contribution in [-0.4, -0.2) is 19.3 Å². The fourth-order valence-corrected chi connectivity index (χ4v) is 0.795. The summed E-state index contributed by atoms with van der Waals surface area (Å²) in [5, 5.41) is 0. The molecule has 1 aliphatic heterocycles. The van der Waals surface area contributed by atoms with Gasteiger partial charge in [-0.25, -0.2) is 4.79 Å². The predicted molar refractivity (Wildman–Crippen MR) is 34.8 cm³/mol. The van der Waals surface area contributed by atoms with Gasteiger partial charge in [0, 0.05) is 18.6 Å². The first-order valence-corrected chi connectivity index (χ1v) is 3.08. The predicted octanol–water partition coefficient (Wildman–Crippen LogP) is 0.320. The number of aliphatic imine (C=N–C) groups is 1. The minimum absolute atomic E-state index is 0.261. The molecular formula is C7H7NO2. The van der Waals surface area contributed by atoms with Crippen molar-refractivity contribution in [3.8, 4) is 12.0 Å². The van der Waals surface area contributed by atoms with Crippen LogP contribution in [0.25, 0.3) is 0 Å². The first-order valence-electron chi connectivity index (χ1n) is 3.08. The molecule has 3 nitrogen and oxygen atoms in total. The van der Waals surface area contributed by atoms with E-state index in [1.807, 2.05) is 0 Å². The van der Waals surface area contributed by atoms with Crippen LogP contribution in [0.5, 0.6) is 0 Å². The van der Waals surface area contributed by atoms with Crippen LogP contribution in [0.2, 0.25) is 0 Å². The molecule has 1 aliphatic rings. The summed E-state index contributed by atoms with van der Waals surface area (Å²) in [6.45, 7) is 1.44. The zero-order valence-electron chi connectivity index (χ0n) is 5.46. The van der Waals surface area contributed by atoms with E-state index in [9.17, 15) is 4.79 Å². The second-order valence-electron chi connectivity index (χ2n) is 2.02. The molecule has 1 atom stereocenters. The summed E-state index contributed by atoms with van der Waals surface area (Å²) in [5.74, 6) is 3.04. The summed E-state index contributed by atoms with van der Waals surface area (Å²) < 4.78 is 5.05. The third-order valence-electron chi connectivity index (χ3n) is 1.30. The Kier molecular flexibility index (Phi) is 2.69. The van der Waals surface area contributed by atoms with E-state index in [0.717, 1.165) is 13.0 Å². The number of ether oxygens (including phenoxy) is 1. The Labute approximate surface area is 59.1 Å². The summed E-state index contributed by atoms with van der Waals surface area (Å²) in [6, 6.07) is 2.35. The van der Waals surface area contributed by atoms with Gasteiger partial charge in [0.1, 0.15) is 0 Å². The minimum atomic E-state index is 0.261. The molecule has 1 fully saturated rings. The average molecular weight is 137 g/mol. The summed E-state index contributed by atoms with van der Waals surface area (Å²) in [7, 11) is 0. The quantitative estimate of drug-likeness (QED) is 0.274. The molecule has 0 spiro atoms. The smallest absolute Gasteiger partial charge is 0.249 e. The number of rotatable bonds is 0. The van der Waals surface area contributed by atoms with Gasteiger partial charge in [-0.2, -0.15) is 0 Å². The third kappa shape index (κ3) is 2.02. The van der Waals surface area contributed by atoms with Crippen LogP contribution in [0, 0.1) is 17.9 Å². The fraction of sp³-hybridized carbons (Fsp3) is 0.571. The lowest BCUT2D eigenvalue weighted by molar-refractivity contribution is 0.192. The number of nitrogens with zero attached hydrogens (tertiary/aromatic N) is 1. The van der Waals surface area contributed by atoms with Crippen molar-refractivity contribution in [3.05, 3.63) is 0 Å². The van der Waals surface area contributed by atoms with Crippen molar-refractivity contribution in [2.24, 2.45) is 10.9 Å². The number of carbonyl (C=O) groups excluding carboxylic acids is 1. The second kappa shape index (κ2) is 3.84. The highest BCUT2D eigenvalue weighted by Crippen LogP contribution is 2.09. The molecule has 0 aromatic rings. The van der Waals surface area contributed by atoms with Crippen molar-refractivity contribution in [1.29, 1.82) is 0 Å². The maximum atomic E-state index is 9.55. The highest BCUT2D eigenvalue weighted by atomic mass is 16.5. The van der Waals surface area contributed by atoms with Gasteiger partial charge in [-0.15, -0.1) is 4.99 Å². The Bertz CT molecular complexity index is 201. The maximum absolute atomic E-state index is 9.55. The molecule has 1 saturated heterocycles. The first-order chi connectivity index (χ1) is 4.93. The Balaban J connectivity index is 2.37. The highest BCUT2D eigenvalue weighted by Gasteiger charge is 2.11. The van der Waals surface area contributed by atoms with Crippen molar-refractivity contribution < 1.29 is 9.53 Å². The first kappa shape index (κ1) is 7.01. The van der Waals surface area contributed by atoms with Crippen molar-refractivity contribution in [3.63, 3.8) is 0 Å². The van der Waals surface area contributed by atoms with Gasteiger partial charge in [-0.3, -0.25) is 0 Å². The van der Waals surface area contributed by atoms with Crippen LogP contribution in [0.15, 0.2) is 4.99 Å². The fourth-order valence-electron chi connectivity index (χ4n) is 0.795. The largest absolute Gasteiger partial charge is 0.380 e. The molecule has 0 amide bonds. The van der Waals surface area contributed by atoms with Crippen LogP contribution >= 0.6 is 0 Å². The number of hydrogen-bond acceptors (Lipinski definition) is 3. The van der Waals surface area contributed by atoms with Gasteiger partial charge < -0.3 is 4.74 Å². The van der Waals surface area contributed by atoms with Crippen LogP contribution in [-0.2, 0) is 9.53 Å². The summed E-state index contributed by atoms with van der Waals surface area (Å²) in [4.78, 5) is 12.7. The lowest BCUT2D eigenvalue weighted by atomic mass is 10.1. The van der Waals surface area contributed by atoms with E-state index in [1.165, 1.54) is 6.08 Å². The minimum Gasteiger partial charge on any atom is -0.380 e. The van der Waals surface area contributed by atoms with Gasteiger partial charge in [0.2, 0.25) is 6.08 Å². The summed E-state index contributed by atoms with van der Waals surface area (Å²) in [6.07, 6.45) is 2.30. The molecule has 0 aliphatic carbocycles. The van der Waals surface area contributed by atoms with Crippen molar-refractivity contribution >= 4 is 6.08 Å². The number of isocyanates is 1. The van der Waals surface area contributed by atoms with E-state index >= 15 is 0 Å². The van der Waals surface area contributed by atoms with Crippen molar-refractivity contribution in [2.45, 2.75) is 6.42 Å². The topological polar surface area (TPSA) is 38.7 Å². The normalized spacial score (nSPS) is 22.6. The van der Waals surface area contributed by atoms with Crippen LogP contribution < -0.4 is 0 Å². The van der Waals surface area contributed by atoms with Gasteiger partial charge in [0.05, 0.1) is 6.61 Å². The lowest BCUT2D eigenvalue weighted by Gasteiger charge is -1.89. The summed E-state index contributed by atoms with van der Waals surface area (Å²) in [5.41, 5.74) is 0. The Morgan fingerprint density at radius 1 is 1.60 bits per heavy atom. The summed E-state index contributed by atoms with van der Waals surface area (Å²) >= 11 is 0. The second-order valence-corrected chi connectivity index (χ2v) is 2.02. The number of hydrogen-bond donors (Lipinski definition) is 0. The van der Waals surface area contributed by atoms with Gasteiger partial charge in [-0.05, 0) is 6.42 Å². The Hall–Kier alpha value is -1.10. The average Bonchev–Trinajstić information content (AvgIpc) is 2.41. The van der Waals surface area contributed by atoms with E-state index in [-0.39, 0.29) is 5.92 Å². The molecule has 1 heterocycles. The molecule has 1 rings (SSSR count). The van der Waals surface area contributed by atoms with Gasteiger partial charge in [-0.1, -0.05) is 5.92 Å². The SMILES string of the molecule is O=C=NC#CC1CCOC1. The lowest BCUT2D eigenvalue weighted by Crippen LogP contribution is -1.92. The molecule has 0 saturated carbocycles. The van der Waals surface area contributed by atoms with Crippen LogP contribution in [0.4, 0.5) is 0 Å². The Morgan fingerprint density at radius 3 is 3.10 bits per heavy atom. The standard InChI is InChI=1S/C7H7NO2/c9-6-8-3-1-7-2-4-10-5-7/h7H,2,4-5H2. The highest BCUT2D eigenvalue weighted by molar-refractivity contribution is 5.36.